The molecular formula is C10H14ClNO3. The van der Waals surface area contributed by atoms with Crippen LogP contribution in [0.15, 0.2) is 24.3 Å². The van der Waals surface area contributed by atoms with Crippen LogP contribution in [0.25, 0.3) is 0 Å². The Kier molecular flexibility index (Phi) is 5.74. The highest BCUT2D eigenvalue weighted by molar-refractivity contribution is 5.85. The number of ether oxygens (including phenoxy) is 1. The third-order valence-electron chi connectivity index (χ3n) is 1.93. The van der Waals surface area contributed by atoms with Gasteiger partial charge in [-0.1, -0.05) is 12.1 Å². The molecule has 0 radical (unpaired) electrons. The molecule has 0 aromatic heterocycles. The number of rotatable bonds is 4. The Morgan fingerprint density at radius 2 is 2.00 bits per heavy atom. The molecule has 3 N–H and O–H groups in total. The van der Waals surface area contributed by atoms with E-state index in [-0.39, 0.29) is 12.4 Å². The summed E-state index contributed by atoms with van der Waals surface area (Å²) < 4.78 is 4.97. The smallest absolute Gasteiger partial charge is 0.320 e. The van der Waals surface area contributed by atoms with Crippen LogP contribution in [-0.2, 0) is 11.2 Å². The van der Waals surface area contributed by atoms with E-state index in [0.717, 1.165) is 11.3 Å². The quantitative estimate of drug-likeness (QED) is 0.813. The van der Waals surface area contributed by atoms with Gasteiger partial charge in [-0.3, -0.25) is 4.79 Å². The fourth-order valence-electron chi connectivity index (χ4n) is 1.10. The van der Waals surface area contributed by atoms with Crippen molar-refractivity contribution in [3.05, 3.63) is 29.8 Å². The third-order valence-corrected chi connectivity index (χ3v) is 1.93. The number of hydrogen-bond donors (Lipinski definition) is 2. The van der Waals surface area contributed by atoms with E-state index in [2.05, 4.69) is 0 Å². The number of halogens is 1. The van der Waals surface area contributed by atoms with Crippen molar-refractivity contribution in [3.63, 3.8) is 0 Å². The van der Waals surface area contributed by atoms with E-state index >= 15 is 0 Å². The van der Waals surface area contributed by atoms with Crippen molar-refractivity contribution in [1.82, 2.24) is 0 Å². The zero-order valence-corrected chi connectivity index (χ0v) is 9.16. The van der Waals surface area contributed by atoms with Gasteiger partial charge in [0.2, 0.25) is 0 Å². The molecule has 0 fully saturated rings. The van der Waals surface area contributed by atoms with Gasteiger partial charge in [-0.15, -0.1) is 12.4 Å². The first kappa shape index (κ1) is 13.7. The number of carboxylic acid groups (broad SMARTS) is 1. The first-order chi connectivity index (χ1) is 6.63. The predicted molar refractivity (Wildman–Crippen MR) is 59.6 cm³/mol. The van der Waals surface area contributed by atoms with Gasteiger partial charge in [0.1, 0.15) is 11.8 Å². The lowest BCUT2D eigenvalue weighted by molar-refractivity contribution is -0.138. The minimum atomic E-state index is -0.985. The van der Waals surface area contributed by atoms with Gasteiger partial charge in [0.25, 0.3) is 0 Å². The van der Waals surface area contributed by atoms with Crippen LogP contribution in [0.2, 0.25) is 0 Å². The second kappa shape index (κ2) is 6.27. The van der Waals surface area contributed by atoms with Gasteiger partial charge in [0, 0.05) is 0 Å². The average Bonchev–Trinajstić information content (AvgIpc) is 2.19. The second-order valence-electron chi connectivity index (χ2n) is 3.00. The van der Waals surface area contributed by atoms with Crippen molar-refractivity contribution in [2.75, 3.05) is 7.11 Å². The standard InChI is InChI=1S/C10H13NO3.ClH/c1-14-8-4-2-7(3-5-8)6-9(11)10(12)13;/h2-5,9H,6,11H2,1H3,(H,12,13);1H/t9-;/m1./s1. The van der Waals surface area contributed by atoms with Gasteiger partial charge in [0.05, 0.1) is 7.11 Å². The number of carboxylic acids is 1. The van der Waals surface area contributed by atoms with Crippen molar-refractivity contribution in [3.8, 4) is 5.75 Å². The van der Waals surface area contributed by atoms with Gasteiger partial charge < -0.3 is 15.6 Å². The molecule has 0 unspecified atom stereocenters. The summed E-state index contributed by atoms with van der Waals surface area (Å²) in [5.74, 6) is -0.238. The lowest BCUT2D eigenvalue weighted by Crippen LogP contribution is -2.32. The Hall–Kier alpha value is -1.26. The lowest BCUT2D eigenvalue weighted by atomic mass is 10.1. The summed E-state index contributed by atoms with van der Waals surface area (Å²) in [5.41, 5.74) is 6.28. The molecule has 4 nitrogen and oxygen atoms in total. The van der Waals surface area contributed by atoms with Crippen molar-refractivity contribution >= 4 is 18.4 Å². The van der Waals surface area contributed by atoms with Gasteiger partial charge in [-0.25, -0.2) is 0 Å². The van der Waals surface area contributed by atoms with E-state index in [1.165, 1.54) is 0 Å². The lowest BCUT2D eigenvalue weighted by Gasteiger charge is -2.06. The number of benzene rings is 1. The van der Waals surface area contributed by atoms with Crippen molar-refractivity contribution in [2.45, 2.75) is 12.5 Å². The minimum Gasteiger partial charge on any atom is -0.497 e. The van der Waals surface area contributed by atoms with Gasteiger partial charge in [-0.05, 0) is 24.1 Å². The molecule has 0 heterocycles. The molecule has 0 spiro atoms. The van der Waals surface area contributed by atoms with E-state index in [1.807, 2.05) is 12.1 Å². The molecule has 0 saturated heterocycles. The van der Waals surface area contributed by atoms with Crippen molar-refractivity contribution in [2.24, 2.45) is 5.73 Å². The number of carbonyl (C=O) groups is 1. The largest absolute Gasteiger partial charge is 0.497 e. The minimum absolute atomic E-state index is 0. The monoisotopic (exact) mass is 231 g/mol. The normalized spacial score (nSPS) is 11.3. The maximum atomic E-state index is 10.5. The van der Waals surface area contributed by atoms with E-state index in [1.54, 1.807) is 19.2 Å². The Labute approximate surface area is 94.5 Å². The maximum Gasteiger partial charge on any atom is 0.320 e. The fraction of sp³-hybridized carbons (Fsp3) is 0.300. The number of nitrogens with two attached hydrogens (primary N) is 1. The molecule has 1 atom stereocenters. The summed E-state index contributed by atoms with van der Waals surface area (Å²) in [6.45, 7) is 0. The third kappa shape index (κ3) is 4.18. The summed E-state index contributed by atoms with van der Waals surface area (Å²) in [6, 6.07) is 6.33. The van der Waals surface area contributed by atoms with E-state index < -0.39 is 12.0 Å². The Bertz CT molecular complexity index is 313. The van der Waals surface area contributed by atoms with Gasteiger partial charge in [-0.2, -0.15) is 0 Å². The molecule has 5 heteroatoms. The summed E-state index contributed by atoms with van der Waals surface area (Å²) in [6.07, 6.45) is 0.333. The summed E-state index contributed by atoms with van der Waals surface area (Å²) in [5, 5.41) is 8.59. The molecule has 0 saturated carbocycles. The van der Waals surface area contributed by atoms with Crippen molar-refractivity contribution in [1.29, 1.82) is 0 Å². The van der Waals surface area contributed by atoms with Gasteiger partial charge in [0.15, 0.2) is 0 Å². The van der Waals surface area contributed by atoms with Crippen LogP contribution in [0.5, 0.6) is 5.75 Å². The number of methoxy groups -OCH3 is 1. The molecule has 0 bridgehead atoms. The van der Waals surface area contributed by atoms with Crippen LogP contribution in [0.1, 0.15) is 5.56 Å². The highest BCUT2D eigenvalue weighted by Gasteiger charge is 2.11. The van der Waals surface area contributed by atoms with Crippen molar-refractivity contribution < 1.29 is 14.6 Å². The molecule has 15 heavy (non-hydrogen) atoms. The van der Waals surface area contributed by atoms with Crippen LogP contribution in [0, 0.1) is 0 Å². The molecule has 1 aromatic rings. The zero-order chi connectivity index (χ0) is 10.6. The topological polar surface area (TPSA) is 72.5 Å². The molecule has 84 valence electrons. The summed E-state index contributed by atoms with van der Waals surface area (Å²) in [4.78, 5) is 10.5. The SMILES string of the molecule is COc1ccc(C[C@@H](N)C(=O)O)cc1.Cl. The zero-order valence-electron chi connectivity index (χ0n) is 8.34. The Morgan fingerprint density at radius 1 is 1.47 bits per heavy atom. The van der Waals surface area contributed by atoms with E-state index in [9.17, 15) is 4.79 Å². The second-order valence-corrected chi connectivity index (χ2v) is 3.00. The molecule has 1 rings (SSSR count). The van der Waals surface area contributed by atoms with Crippen LogP contribution in [-0.4, -0.2) is 24.2 Å². The molecular weight excluding hydrogens is 218 g/mol. The first-order valence-corrected chi connectivity index (χ1v) is 4.25. The Balaban J connectivity index is 0.00000196. The highest BCUT2D eigenvalue weighted by atomic mass is 35.5. The van der Waals surface area contributed by atoms with Crippen LogP contribution < -0.4 is 10.5 Å². The average molecular weight is 232 g/mol. The molecule has 1 aromatic carbocycles. The molecule has 0 aliphatic rings. The molecule has 0 aliphatic heterocycles. The van der Waals surface area contributed by atoms with Crippen LogP contribution in [0.3, 0.4) is 0 Å². The fourth-order valence-corrected chi connectivity index (χ4v) is 1.10. The Morgan fingerprint density at radius 3 is 2.40 bits per heavy atom. The number of hydrogen-bond acceptors (Lipinski definition) is 3. The molecule has 0 aliphatic carbocycles. The summed E-state index contributed by atoms with van der Waals surface area (Å²) >= 11 is 0. The van der Waals surface area contributed by atoms with E-state index in [0.29, 0.717) is 6.42 Å². The highest BCUT2D eigenvalue weighted by Crippen LogP contribution is 2.12. The predicted octanol–water partition coefficient (Wildman–Crippen LogP) is 1.07. The first-order valence-electron chi connectivity index (χ1n) is 4.25. The molecule has 0 amide bonds. The van der Waals surface area contributed by atoms with Gasteiger partial charge >= 0.3 is 5.97 Å². The summed E-state index contributed by atoms with van der Waals surface area (Å²) in [7, 11) is 1.58. The number of aliphatic carboxylic acids is 1. The van der Waals surface area contributed by atoms with E-state index in [4.69, 9.17) is 15.6 Å². The van der Waals surface area contributed by atoms with Crippen LogP contribution in [0.4, 0.5) is 0 Å². The van der Waals surface area contributed by atoms with Crippen LogP contribution >= 0.6 is 12.4 Å². The maximum absolute atomic E-state index is 10.5.